The lowest BCUT2D eigenvalue weighted by atomic mass is 9.82. The zero-order valence-electron chi connectivity index (χ0n) is 22.9. The zero-order valence-corrected chi connectivity index (χ0v) is 23.7. The van der Waals surface area contributed by atoms with E-state index in [-0.39, 0.29) is 24.3 Å². The topological polar surface area (TPSA) is 129 Å². The van der Waals surface area contributed by atoms with Gasteiger partial charge in [-0.15, -0.1) is 0 Å². The first-order chi connectivity index (χ1) is 19.1. The number of anilines is 1. The van der Waals surface area contributed by atoms with Crippen molar-refractivity contribution in [2.75, 3.05) is 30.3 Å². The fourth-order valence-electron chi connectivity index (χ4n) is 5.42. The van der Waals surface area contributed by atoms with Gasteiger partial charge in [0, 0.05) is 49.0 Å². The number of amides is 1. The molecule has 40 heavy (non-hydrogen) atoms. The van der Waals surface area contributed by atoms with Crippen LogP contribution in [0.5, 0.6) is 0 Å². The Kier molecular flexibility index (Phi) is 9.65. The number of carbonyl (C=O) groups is 1. The molecule has 3 aromatic rings. The number of pyridine rings is 1. The van der Waals surface area contributed by atoms with Gasteiger partial charge in [-0.3, -0.25) is 14.3 Å². The molecule has 0 aliphatic carbocycles. The molecule has 1 saturated heterocycles. The molecule has 0 saturated carbocycles. The molecular weight excluding hydrogens is 528 g/mol. The van der Waals surface area contributed by atoms with Gasteiger partial charge in [-0.05, 0) is 79.6 Å². The number of nitrogens with zero attached hydrogens (tertiary/aromatic N) is 3. The minimum Gasteiger partial charge on any atom is -0.371 e. The van der Waals surface area contributed by atoms with Gasteiger partial charge in [0.2, 0.25) is 5.91 Å². The van der Waals surface area contributed by atoms with Crippen LogP contribution in [-0.4, -0.2) is 49.2 Å². The Balaban J connectivity index is 1.46. The van der Waals surface area contributed by atoms with Crippen LogP contribution in [0.2, 0.25) is 0 Å². The van der Waals surface area contributed by atoms with E-state index in [0.717, 1.165) is 33.6 Å². The molecule has 2 aromatic carbocycles. The predicted molar refractivity (Wildman–Crippen MR) is 156 cm³/mol. The van der Waals surface area contributed by atoms with Gasteiger partial charge in [0.25, 0.3) is 10.1 Å². The van der Waals surface area contributed by atoms with Crippen molar-refractivity contribution in [3.63, 3.8) is 0 Å². The van der Waals surface area contributed by atoms with Gasteiger partial charge in [-0.25, -0.2) is 0 Å². The Hall–Kier alpha value is -3.63. The van der Waals surface area contributed by atoms with Gasteiger partial charge < -0.3 is 10.2 Å². The number of piperidine rings is 1. The van der Waals surface area contributed by atoms with E-state index in [1.807, 2.05) is 31.2 Å². The molecule has 0 spiro atoms. The summed E-state index contributed by atoms with van der Waals surface area (Å²) in [7, 11) is -4.10. The molecule has 1 aliphatic heterocycles. The second-order valence-electron chi connectivity index (χ2n) is 10.4. The smallest absolute Gasteiger partial charge is 0.266 e. The second kappa shape index (κ2) is 13.1. The van der Waals surface area contributed by atoms with Crippen LogP contribution in [0.15, 0.2) is 72.0 Å². The molecule has 2 heterocycles. The molecule has 1 amide bonds. The minimum atomic E-state index is -4.10. The van der Waals surface area contributed by atoms with E-state index in [9.17, 15) is 18.1 Å². The first-order valence-electron chi connectivity index (χ1n) is 13.5. The second-order valence-corrected chi connectivity index (χ2v) is 12.0. The van der Waals surface area contributed by atoms with E-state index in [4.69, 9.17) is 4.55 Å². The summed E-state index contributed by atoms with van der Waals surface area (Å²) in [6.07, 6.45) is 3.56. The number of aryl methyl sites for hydroxylation is 2. The number of nitroso groups, excluding NO2 is 1. The Morgan fingerprint density at radius 3 is 2.40 bits per heavy atom. The van der Waals surface area contributed by atoms with Crippen LogP contribution in [0.4, 0.5) is 5.69 Å². The molecule has 2 N–H and O–H groups in total. The summed E-state index contributed by atoms with van der Waals surface area (Å²) in [6.45, 7) is 5.30. The van der Waals surface area contributed by atoms with Crippen LogP contribution in [0, 0.1) is 24.7 Å². The van der Waals surface area contributed by atoms with Crippen LogP contribution in [-0.2, 0) is 14.9 Å². The molecule has 1 aromatic heterocycles. The molecule has 0 bridgehead atoms. The van der Waals surface area contributed by atoms with Gasteiger partial charge in [-0.1, -0.05) is 41.6 Å². The van der Waals surface area contributed by atoms with Crippen LogP contribution < -0.4 is 10.2 Å². The normalized spacial score (nSPS) is 15.8. The summed E-state index contributed by atoms with van der Waals surface area (Å²) in [5.74, 6) is -0.878. The zero-order chi connectivity index (χ0) is 28.7. The Bertz CT molecular complexity index is 1420. The fourth-order valence-corrected chi connectivity index (χ4v) is 5.78. The SMILES string of the molecule is Cc1cc(C(C[C@H](c2ccc(N3CCC(C(=O)NCCS(=O)(=O)O)CC3)cc2)c2ccccc2C)N=O)ccn1. The van der Waals surface area contributed by atoms with Gasteiger partial charge in [0.05, 0.1) is 5.75 Å². The molecule has 1 unspecified atom stereocenters. The monoisotopic (exact) mass is 564 g/mol. The summed E-state index contributed by atoms with van der Waals surface area (Å²) in [5, 5.41) is 6.11. The van der Waals surface area contributed by atoms with Gasteiger partial charge in [-0.2, -0.15) is 13.3 Å². The Morgan fingerprint density at radius 1 is 1.07 bits per heavy atom. The lowest BCUT2D eigenvalue weighted by Crippen LogP contribution is -2.41. The molecule has 4 rings (SSSR count). The van der Waals surface area contributed by atoms with E-state index < -0.39 is 21.9 Å². The van der Waals surface area contributed by atoms with Crippen LogP contribution in [0.25, 0.3) is 0 Å². The third-order valence-electron chi connectivity index (χ3n) is 7.64. The minimum absolute atomic E-state index is 0.0245. The first kappa shape index (κ1) is 29.4. The highest BCUT2D eigenvalue weighted by molar-refractivity contribution is 7.85. The van der Waals surface area contributed by atoms with Crippen molar-refractivity contribution in [2.45, 2.75) is 45.1 Å². The predicted octanol–water partition coefficient (Wildman–Crippen LogP) is 4.95. The van der Waals surface area contributed by atoms with E-state index in [1.54, 1.807) is 6.20 Å². The summed E-state index contributed by atoms with van der Waals surface area (Å²) < 4.78 is 30.6. The number of nitrogens with one attached hydrogen (secondary N) is 1. The lowest BCUT2D eigenvalue weighted by Gasteiger charge is -2.33. The number of rotatable bonds is 11. The molecule has 2 atom stereocenters. The molecule has 1 aliphatic rings. The van der Waals surface area contributed by atoms with Crippen LogP contribution in [0.1, 0.15) is 59.2 Å². The number of benzene rings is 2. The summed E-state index contributed by atoms with van der Waals surface area (Å²) in [6, 6.07) is 19.9. The molecule has 9 nitrogen and oxygen atoms in total. The number of hydrogen-bond acceptors (Lipinski definition) is 7. The molecular formula is C30H36N4O5S. The summed E-state index contributed by atoms with van der Waals surface area (Å²) in [4.78, 5) is 30.9. The maximum Gasteiger partial charge on any atom is 0.266 e. The Labute approximate surface area is 235 Å². The quantitative estimate of drug-likeness (QED) is 0.249. The van der Waals surface area contributed by atoms with Crippen molar-refractivity contribution in [1.82, 2.24) is 10.3 Å². The maximum absolute atomic E-state index is 12.4. The van der Waals surface area contributed by atoms with Gasteiger partial charge in [0.15, 0.2) is 0 Å². The van der Waals surface area contributed by atoms with E-state index >= 15 is 0 Å². The van der Waals surface area contributed by atoms with E-state index in [2.05, 4.69) is 63.7 Å². The van der Waals surface area contributed by atoms with Crippen LogP contribution >= 0.6 is 0 Å². The van der Waals surface area contributed by atoms with E-state index in [1.165, 1.54) is 0 Å². The summed E-state index contributed by atoms with van der Waals surface area (Å²) in [5.41, 5.74) is 6.20. The van der Waals surface area contributed by atoms with Crippen molar-refractivity contribution in [3.05, 3.63) is 99.7 Å². The van der Waals surface area contributed by atoms with Crippen molar-refractivity contribution in [1.29, 1.82) is 0 Å². The van der Waals surface area contributed by atoms with Crippen molar-refractivity contribution < 1.29 is 17.8 Å². The molecule has 10 heteroatoms. The van der Waals surface area contributed by atoms with Crippen molar-refractivity contribution in [3.8, 4) is 0 Å². The van der Waals surface area contributed by atoms with Crippen LogP contribution in [0.3, 0.4) is 0 Å². The van der Waals surface area contributed by atoms with Gasteiger partial charge >= 0.3 is 0 Å². The Morgan fingerprint density at radius 2 is 1.77 bits per heavy atom. The largest absolute Gasteiger partial charge is 0.371 e. The average Bonchev–Trinajstić information content (AvgIpc) is 2.94. The average molecular weight is 565 g/mol. The molecule has 0 radical (unpaired) electrons. The highest BCUT2D eigenvalue weighted by atomic mass is 32.2. The summed E-state index contributed by atoms with van der Waals surface area (Å²) >= 11 is 0. The highest BCUT2D eigenvalue weighted by Gasteiger charge is 2.27. The first-order valence-corrected chi connectivity index (χ1v) is 15.1. The number of aromatic nitrogens is 1. The standard InChI is InChI=1S/C30H36N4O5S/c1-21-5-3-4-6-27(21)28(20-29(33-36)25-11-14-31-22(2)19-25)23-7-9-26(10-8-23)34-16-12-24(13-17-34)30(35)32-15-18-40(37,38)39/h3-11,14,19,24,28-29H,12-13,15-18,20H2,1-2H3,(H,32,35)(H,37,38,39)/t28-,29?/m1/s1. The van der Waals surface area contributed by atoms with Gasteiger partial charge in [0.1, 0.15) is 6.04 Å². The van der Waals surface area contributed by atoms with Crippen molar-refractivity contribution in [2.24, 2.45) is 11.1 Å². The maximum atomic E-state index is 12.4. The third kappa shape index (κ3) is 7.73. The third-order valence-corrected chi connectivity index (χ3v) is 8.36. The molecule has 1 fully saturated rings. The number of carbonyl (C=O) groups excluding carboxylic acids is 1. The number of hydrogen-bond donors (Lipinski definition) is 2. The van der Waals surface area contributed by atoms with Crippen molar-refractivity contribution >= 4 is 21.7 Å². The lowest BCUT2D eigenvalue weighted by molar-refractivity contribution is -0.125. The van der Waals surface area contributed by atoms with E-state index in [0.29, 0.717) is 32.4 Å². The fraction of sp³-hybridized carbons (Fsp3) is 0.400. The highest BCUT2D eigenvalue weighted by Crippen LogP contribution is 2.38. The molecule has 212 valence electrons.